The minimum atomic E-state index is 0.0963. The fourth-order valence-corrected chi connectivity index (χ4v) is 2.52. The molecular weight excluding hydrogens is 288 g/mol. The van der Waals surface area contributed by atoms with Crippen LogP contribution in [-0.2, 0) is 0 Å². The van der Waals surface area contributed by atoms with Gasteiger partial charge in [-0.25, -0.2) is 19.9 Å². The molecule has 0 bridgehead atoms. The van der Waals surface area contributed by atoms with Crippen LogP contribution in [0.1, 0.15) is 0 Å². The molecule has 0 aliphatic rings. The molecule has 0 radical (unpaired) electrons. The molecule has 0 amide bonds. The summed E-state index contributed by atoms with van der Waals surface area (Å²) in [5.74, 6) is 0.576. The van der Waals surface area contributed by atoms with Crippen LogP contribution in [0.5, 0.6) is 0 Å². The number of nitrogens with one attached hydrogen (secondary N) is 1. The van der Waals surface area contributed by atoms with Gasteiger partial charge in [0.2, 0.25) is 5.28 Å². The standard InChI is InChI=1S/C9H7ClN8S/c10-8-17-6-5(13-2-14-6)7(18-8)19-9-15-3(11)1-4(12)16-9/h1-2H,(H4,11,12,15,16)(H,13,14,17,18). The van der Waals surface area contributed by atoms with Gasteiger partial charge in [-0.1, -0.05) is 0 Å². The van der Waals surface area contributed by atoms with Crippen molar-refractivity contribution in [3.05, 3.63) is 17.7 Å². The first-order chi connectivity index (χ1) is 9.11. The quantitative estimate of drug-likeness (QED) is 0.473. The highest BCUT2D eigenvalue weighted by Gasteiger charge is 2.12. The second-order valence-electron chi connectivity index (χ2n) is 3.50. The van der Waals surface area contributed by atoms with Gasteiger partial charge in [0.15, 0.2) is 10.8 Å². The van der Waals surface area contributed by atoms with Crippen LogP contribution in [-0.4, -0.2) is 29.9 Å². The maximum Gasteiger partial charge on any atom is 0.225 e. The van der Waals surface area contributed by atoms with Crippen LogP contribution in [0.2, 0.25) is 5.28 Å². The van der Waals surface area contributed by atoms with Gasteiger partial charge in [0, 0.05) is 6.07 Å². The van der Waals surface area contributed by atoms with Crippen LogP contribution in [0.4, 0.5) is 11.6 Å². The Hall–Kier alpha value is -2.13. The SMILES string of the molecule is Nc1cc(N)nc(Sc2nc(Cl)nc3nc[nH]c23)n1. The predicted molar refractivity (Wildman–Crippen MR) is 71.7 cm³/mol. The zero-order valence-electron chi connectivity index (χ0n) is 9.33. The topological polar surface area (TPSA) is 132 Å². The molecule has 0 unspecified atom stereocenters. The zero-order chi connectivity index (χ0) is 13.4. The molecule has 0 atom stereocenters. The maximum absolute atomic E-state index is 5.83. The number of halogens is 1. The molecule has 19 heavy (non-hydrogen) atoms. The molecule has 0 saturated carbocycles. The van der Waals surface area contributed by atoms with Gasteiger partial charge in [0.25, 0.3) is 0 Å². The van der Waals surface area contributed by atoms with Crippen molar-refractivity contribution in [3.63, 3.8) is 0 Å². The normalized spacial score (nSPS) is 11.0. The Labute approximate surface area is 116 Å². The Morgan fingerprint density at radius 1 is 1.11 bits per heavy atom. The number of imidazole rings is 1. The van der Waals surface area contributed by atoms with Crippen molar-refractivity contribution in [2.45, 2.75) is 10.2 Å². The summed E-state index contributed by atoms with van der Waals surface area (Å²) in [5.41, 5.74) is 12.3. The fourth-order valence-electron chi connectivity index (χ4n) is 1.45. The zero-order valence-corrected chi connectivity index (χ0v) is 10.9. The summed E-state index contributed by atoms with van der Waals surface area (Å²) in [6, 6.07) is 1.48. The second kappa shape index (κ2) is 4.52. The Bertz CT molecular complexity index is 737. The van der Waals surface area contributed by atoms with Crippen molar-refractivity contribution >= 4 is 46.2 Å². The Balaban J connectivity index is 2.07. The van der Waals surface area contributed by atoms with E-state index in [4.69, 9.17) is 23.1 Å². The van der Waals surface area contributed by atoms with E-state index in [0.717, 1.165) is 0 Å². The highest BCUT2D eigenvalue weighted by atomic mass is 35.5. The van der Waals surface area contributed by atoms with E-state index < -0.39 is 0 Å². The Morgan fingerprint density at radius 2 is 1.84 bits per heavy atom. The van der Waals surface area contributed by atoms with Crippen molar-refractivity contribution in [2.24, 2.45) is 0 Å². The summed E-state index contributed by atoms with van der Waals surface area (Å²) < 4.78 is 0. The van der Waals surface area contributed by atoms with Gasteiger partial charge in [-0.15, -0.1) is 0 Å². The number of hydrogen-bond acceptors (Lipinski definition) is 8. The van der Waals surface area contributed by atoms with Gasteiger partial charge in [0.1, 0.15) is 22.2 Å². The molecule has 96 valence electrons. The number of nitrogens with two attached hydrogens (primary N) is 2. The van der Waals surface area contributed by atoms with Crippen LogP contribution in [0.25, 0.3) is 11.2 Å². The number of hydrogen-bond donors (Lipinski definition) is 3. The van der Waals surface area contributed by atoms with E-state index in [9.17, 15) is 0 Å². The third-order valence-corrected chi connectivity index (χ3v) is 3.18. The summed E-state index contributed by atoms with van der Waals surface area (Å²) in [4.78, 5) is 23.2. The average Bonchev–Trinajstić information content (AvgIpc) is 2.75. The van der Waals surface area contributed by atoms with E-state index in [1.54, 1.807) is 0 Å². The molecule has 3 heterocycles. The molecule has 0 saturated heterocycles. The number of H-pyrrole nitrogens is 1. The predicted octanol–water partition coefficient (Wildman–Crippen LogP) is 1.11. The van der Waals surface area contributed by atoms with Crippen LogP contribution in [0.3, 0.4) is 0 Å². The molecule has 10 heteroatoms. The molecule has 0 aromatic carbocycles. The molecule has 0 fully saturated rings. The van der Waals surface area contributed by atoms with Gasteiger partial charge in [-0.05, 0) is 23.4 Å². The van der Waals surface area contributed by atoms with Crippen LogP contribution < -0.4 is 11.5 Å². The first-order valence-corrected chi connectivity index (χ1v) is 6.26. The van der Waals surface area contributed by atoms with Gasteiger partial charge < -0.3 is 16.5 Å². The maximum atomic E-state index is 5.83. The number of anilines is 2. The number of nitrogen functional groups attached to an aromatic ring is 2. The average molecular weight is 295 g/mol. The molecule has 0 aliphatic carbocycles. The molecule has 3 rings (SSSR count). The van der Waals surface area contributed by atoms with E-state index >= 15 is 0 Å². The van der Waals surface area contributed by atoms with Crippen molar-refractivity contribution in [3.8, 4) is 0 Å². The lowest BCUT2D eigenvalue weighted by Gasteiger charge is -2.03. The first-order valence-electron chi connectivity index (χ1n) is 5.06. The lowest BCUT2D eigenvalue weighted by atomic mass is 10.5. The highest BCUT2D eigenvalue weighted by molar-refractivity contribution is 7.99. The minimum Gasteiger partial charge on any atom is -0.383 e. The van der Waals surface area contributed by atoms with Gasteiger partial charge in [-0.2, -0.15) is 4.98 Å². The van der Waals surface area contributed by atoms with Crippen LogP contribution in [0, 0.1) is 0 Å². The first kappa shape index (κ1) is 11.9. The number of aromatic nitrogens is 6. The third kappa shape index (κ3) is 2.37. The third-order valence-electron chi connectivity index (χ3n) is 2.16. The largest absolute Gasteiger partial charge is 0.383 e. The van der Waals surface area contributed by atoms with E-state index in [-0.39, 0.29) is 16.9 Å². The molecule has 3 aromatic rings. The molecular formula is C9H7ClN8S. The lowest BCUT2D eigenvalue weighted by Crippen LogP contribution is -1.99. The number of nitrogens with zero attached hydrogens (tertiary/aromatic N) is 5. The Kier molecular flexibility index (Phi) is 2.84. The van der Waals surface area contributed by atoms with Crippen molar-refractivity contribution in [2.75, 3.05) is 11.5 Å². The summed E-state index contributed by atoms with van der Waals surface area (Å²) in [7, 11) is 0. The van der Waals surface area contributed by atoms with E-state index in [1.807, 2.05) is 0 Å². The second-order valence-corrected chi connectivity index (χ2v) is 4.80. The Morgan fingerprint density at radius 3 is 2.58 bits per heavy atom. The van der Waals surface area contributed by atoms with Gasteiger partial charge in [-0.3, -0.25) is 0 Å². The molecule has 5 N–H and O–H groups in total. The number of aromatic amines is 1. The summed E-state index contributed by atoms with van der Waals surface area (Å²) >= 11 is 7.01. The van der Waals surface area contributed by atoms with Crippen molar-refractivity contribution in [1.82, 2.24) is 29.9 Å². The van der Waals surface area contributed by atoms with E-state index in [1.165, 1.54) is 24.2 Å². The van der Waals surface area contributed by atoms with E-state index in [0.29, 0.717) is 21.3 Å². The monoisotopic (exact) mass is 294 g/mol. The number of fused-ring (bicyclic) bond motifs is 1. The van der Waals surface area contributed by atoms with Crippen molar-refractivity contribution < 1.29 is 0 Å². The molecule has 3 aromatic heterocycles. The molecule has 8 nitrogen and oxygen atoms in total. The van der Waals surface area contributed by atoms with Crippen molar-refractivity contribution in [1.29, 1.82) is 0 Å². The lowest BCUT2D eigenvalue weighted by molar-refractivity contribution is 0.976. The van der Waals surface area contributed by atoms with E-state index in [2.05, 4.69) is 29.9 Å². The minimum absolute atomic E-state index is 0.0963. The molecule has 0 aliphatic heterocycles. The summed E-state index contributed by atoms with van der Waals surface area (Å²) in [6.07, 6.45) is 1.51. The van der Waals surface area contributed by atoms with Gasteiger partial charge >= 0.3 is 0 Å². The fraction of sp³-hybridized carbons (Fsp3) is 0. The summed E-state index contributed by atoms with van der Waals surface area (Å²) in [5, 5.41) is 1.03. The molecule has 0 spiro atoms. The number of rotatable bonds is 2. The van der Waals surface area contributed by atoms with Crippen LogP contribution in [0.15, 0.2) is 22.6 Å². The summed E-state index contributed by atoms with van der Waals surface area (Å²) in [6.45, 7) is 0. The highest BCUT2D eigenvalue weighted by Crippen LogP contribution is 2.29. The van der Waals surface area contributed by atoms with Gasteiger partial charge in [0.05, 0.1) is 6.33 Å². The van der Waals surface area contributed by atoms with Crippen LogP contribution >= 0.6 is 23.4 Å². The smallest absolute Gasteiger partial charge is 0.225 e.